The first-order valence-corrected chi connectivity index (χ1v) is 7.05. The van der Waals surface area contributed by atoms with Crippen molar-refractivity contribution < 1.29 is 0 Å². The van der Waals surface area contributed by atoms with Gasteiger partial charge in [0.2, 0.25) is 0 Å². The molecule has 0 aliphatic heterocycles. The average molecular weight is 290 g/mol. The number of rotatable bonds is 1. The first-order chi connectivity index (χ1) is 10.6. The quantitative estimate of drug-likeness (QED) is 0.504. The van der Waals surface area contributed by atoms with E-state index >= 15 is 0 Å². The number of benzene rings is 1. The Balaban J connectivity index is 2.12. The van der Waals surface area contributed by atoms with Gasteiger partial charge in [0, 0.05) is 11.1 Å². The fourth-order valence-electron chi connectivity index (χ4n) is 2.74. The molecule has 0 N–H and O–H groups in total. The van der Waals surface area contributed by atoms with Crippen molar-refractivity contribution in [3.05, 3.63) is 47.5 Å². The van der Waals surface area contributed by atoms with Gasteiger partial charge in [0.15, 0.2) is 11.3 Å². The maximum Gasteiger partial charge on any atom is 0.185 e. The second-order valence-corrected chi connectivity index (χ2v) is 5.40. The van der Waals surface area contributed by atoms with Crippen molar-refractivity contribution in [2.75, 3.05) is 0 Å². The summed E-state index contributed by atoms with van der Waals surface area (Å²) < 4.78 is 1.79. The molecule has 0 aliphatic carbocycles. The van der Waals surface area contributed by atoms with Gasteiger partial charge < -0.3 is 0 Å². The molecule has 3 heterocycles. The van der Waals surface area contributed by atoms with E-state index in [-0.39, 0.29) is 0 Å². The number of aryl methyl sites for hydroxylation is 3. The van der Waals surface area contributed by atoms with Gasteiger partial charge in [0.25, 0.3) is 0 Å². The van der Waals surface area contributed by atoms with Gasteiger partial charge >= 0.3 is 0 Å². The zero-order chi connectivity index (χ0) is 15.3. The van der Waals surface area contributed by atoms with Crippen LogP contribution in [-0.4, -0.2) is 29.9 Å². The Kier molecular flexibility index (Phi) is 2.66. The van der Waals surface area contributed by atoms with Crippen LogP contribution in [0.1, 0.15) is 17.0 Å². The molecule has 0 saturated heterocycles. The van der Waals surface area contributed by atoms with Crippen molar-refractivity contribution in [2.24, 2.45) is 0 Å². The molecule has 6 nitrogen and oxygen atoms in total. The van der Waals surface area contributed by atoms with Crippen molar-refractivity contribution >= 4 is 21.9 Å². The van der Waals surface area contributed by atoms with E-state index < -0.39 is 0 Å². The van der Waals surface area contributed by atoms with Crippen LogP contribution in [0, 0.1) is 20.8 Å². The van der Waals surface area contributed by atoms with E-state index in [1.54, 1.807) is 11.0 Å². The van der Waals surface area contributed by atoms with Gasteiger partial charge in [-0.1, -0.05) is 18.2 Å². The second kappa shape index (κ2) is 4.56. The Hall–Kier alpha value is -2.89. The molecule has 22 heavy (non-hydrogen) atoms. The van der Waals surface area contributed by atoms with Crippen molar-refractivity contribution in [1.82, 2.24) is 29.9 Å². The largest absolute Gasteiger partial charge is 0.234 e. The zero-order valence-electron chi connectivity index (χ0n) is 12.6. The maximum atomic E-state index is 4.49. The minimum atomic E-state index is 0.659. The Morgan fingerprint density at radius 1 is 0.909 bits per heavy atom. The van der Waals surface area contributed by atoms with Crippen LogP contribution >= 0.6 is 0 Å². The van der Waals surface area contributed by atoms with Crippen molar-refractivity contribution in [2.45, 2.75) is 20.8 Å². The summed E-state index contributed by atoms with van der Waals surface area (Å²) in [7, 11) is 0. The molecule has 4 aromatic rings. The van der Waals surface area contributed by atoms with Crippen LogP contribution < -0.4 is 0 Å². The lowest BCUT2D eigenvalue weighted by atomic mass is 10.1. The van der Waals surface area contributed by atoms with E-state index in [0.29, 0.717) is 11.3 Å². The van der Waals surface area contributed by atoms with Crippen LogP contribution in [0.2, 0.25) is 0 Å². The van der Waals surface area contributed by atoms with Crippen LogP contribution in [0.4, 0.5) is 0 Å². The predicted molar refractivity (Wildman–Crippen MR) is 84.0 cm³/mol. The van der Waals surface area contributed by atoms with Gasteiger partial charge in [0.05, 0.1) is 11.2 Å². The highest BCUT2D eigenvalue weighted by molar-refractivity contribution is 6.03. The third-order valence-corrected chi connectivity index (χ3v) is 3.76. The van der Waals surface area contributed by atoms with E-state index in [2.05, 4.69) is 25.3 Å². The average Bonchev–Trinajstić information content (AvgIpc) is 2.85. The van der Waals surface area contributed by atoms with E-state index in [9.17, 15) is 0 Å². The normalized spacial score (nSPS) is 11.4. The number of nitrogens with zero attached hydrogens (tertiary/aromatic N) is 6. The van der Waals surface area contributed by atoms with E-state index in [0.717, 1.165) is 33.4 Å². The lowest BCUT2D eigenvalue weighted by Crippen LogP contribution is -2.05. The molecule has 108 valence electrons. The third-order valence-electron chi connectivity index (χ3n) is 3.76. The molecule has 0 radical (unpaired) electrons. The summed E-state index contributed by atoms with van der Waals surface area (Å²) >= 11 is 0. The maximum absolute atomic E-state index is 4.49. The molecule has 0 fully saturated rings. The second-order valence-electron chi connectivity index (χ2n) is 5.40. The Morgan fingerprint density at radius 3 is 2.50 bits per heavy atom. The predicted octanol–water partition coefficient (Wildman–Crippen LogP) is 2.68. The molecule has 1 aromatic carbocycles. The smallest absolute Gasteiger partial charge is 0.185 e. The standard InChI is InChI=1S/C16H14N6/c1-9-5-4-6-12-13(9)19-20-15-14(12)17-8-18-16(15)22-11(3)7-10(2)21-22/h4-8H,1-3H3. The van der Waals surface area contributed by atoms with Crippen LogP contribution in [0.3, 0.4) is 0 Å². The van der Waals surface area contributed by atoms with E-state index in [1.165, 1.54) is 0 Å². The fraction of sp³-hybridized carbons (Fsp3) is 0.188. The molecular weight excluding hydrogens is 276 g/mol. The van der Waals surface area contributed by atoms with E-state index in [1.807, 2.05) is 45.0 Å². The van der Waals surface area contributed by atoms with Gasteiger partial charge in [-0.25, -0.2) is 14.6 Å². The summed E-state index contributed by atoms with van der Waals surface area (Å²) in [5, 5.41) is 14.2. The van der Waals surface area contributed by atoms with Crippen LogP contribution in [-0.2, 0) is 0 Å². The minimum absolute atomic E-state index is 0.659. The molecule has 6 heteroatoms. The fourth-order valence-corrected chi connectivity index (χ4v) is 2.74. The molecule has 0 saturated carbocycles. The zero-order valence-corrected chi connectivity index (χ0v) is 12.6. The SMILES string of the molecule is Cc1cc(C)n(-c2ncnc3c2nnc2c(C)cccc23)n1. The van der Waals surface area contributed by atoms with Gasteiger partial charge in [-0.15, -0.1) is 10.2 Å². The third kappa shape index (κ3) is 1.77. The summed E-state index contributed by atoms with van der Waals surface area (Å²) in [6.45, 7) is 5.97. The molecule has 0 spiro atoms. The van der Waals surface area contributed by atoms with Gasteiger partial charge in [-0.05, 0) is 32.4 Å². The first kappa shape index (κ1) is 12.8. The first-order valence-electron chi connectivity index (χ1n) is 7.05. The topological polar surface area (TPSA) is 69.4 Å². The molecule has 0 aliphatic rings. The lowest BCUT2D eigenvalue weighted by molar-refractivity contribution is 0.805. The molecular formula is C16H14N6. The molecule has 0 atom stereocenters. The molecule has 4 rings (SSSR count). The molecule has 0 unspecified atom stereocenters. The minimum Gasteiger partial charge on any atom is -0.234 e. The highest BCUT2D eigenvalue weighted by Crippen LogP contribution is 2.25. The number of aromatic nitrogens is 6. The monoisotopic (exact) mass is 290 g/mol. The summed E-state index contributed by atoms with van der Waals surface area (Å²) in [6, 6.07) is 8.04. The highest BCUT2D eigenvalue weighted by atomic mass is 15.3. The molecule has 3 aromatic heterocycles. The lowest BCUT2D eigenvalue weighted by Gasteiger charge is -2.08. The van der Waals surface area contributed by atoms with E-state index in [4.69, 9.17) is 0 Å². The van der Waals surface area contributed by atoms with Crippen LogP contribution in [0.25, 0.3) is 27.8 Å². The summed E-state index contributed by atoms with van der Waals surface area (Å²) in [6.07, 6.45) is 1.55. The highest BCUT2D eigenvalue weighted by Gasteiger charge is 2.14. The van der Waals surface area contributed by atoms with Crippen LogP contribution in [0.5, 0.6) is 0 Å². The number of hydrogen-bond acceptors (Lipinski definition) is 5. The number of hydrogen-bond donors (Lipinski definition) is 0. The molecule has 0 amide bonds. The Labute approximate surface area is 126 Å². The van der Waals surface area contributed by atoms with Crippen molar-refractivity contribution in [1.29, 1.82) is 0 Å². The summed E-state index contributed by atoms with van der Waals surface area (Å²) in [4.78, 5) is 8.79. The van der Waals surface area contributed by atoms with Crippen molar-refractivity contribution in [3.63, 3.8) is 0 Å². The summed E-state index contributed by atoms with van der Waals surface area (Å²) in [5.74, 6) is 0.659. The van der Waals surface area contributed by atoms with Gasteiger partial charge in [-0.3, -0.25) is 0 Å². The summed E-state index contributed by atoms with van der Waals surface area (Å²) in [5.41, 5.74) is 5.35. The Bertz CT molecular complexity index is 1020. The van der Waals surface area contributed by atoms with Gasteiger partial charge in [0.1, 0.15) is 11.8 Å². The van der Waals surface area contributed by atoms with Crippen molar-refractivity contribution in [3.8, 4) is 5.82 Å². The molecule has 0 bridgehead atoms. The Morgan fingerprint density at radius 2 is 1.73 bits per heavy atom. The van der Waals surface area contributed by atoms with Gasteiger partial charge in [-0.2, -0.15) is 5.10 Å². The van der Waals surface area contributed by atoms with Crippen LogP contribution in [0.15, 0.2) is 30.6 Å². The number of fused-ring (bicyclic) bond motifs is 3.